The van der Waals surface area contributed by atoms with Crippen LogP contribution in [0.2, 0.25) is 0 Å². The minimum Gasteiger partial charge on any atom is -0.330 e. The number of carbonyl (C=O) groups excluding carboxylic acids is 1. The van der Waals surface area contributed by atoms with E-state index in [-0.39, 0.29) is 23.8 Å². The van der Waals surface area contributed by atoms with E-state index < -0.39 is 0 Å². The minimum absolute atomic E-state index is 0.0829. The van der Waals surface area contributed by atoms with Gasteiger partial charge in [0.2, 0.25) is 5.78 Å². The van der Waals surface area contributed by atoms with Gasteiger partial charge in [0.05, 0.1) is 29.7 Å². The molecule has 5 aromatic rings. The molecule has 0 saturated heterocycles. The van der Waals surface area contributed by atoms with E-state index in [1.165, 1.54) is 18.5 Å². The lowest BCUT2D eigenvalue weighted by Gasteiger charge is -2.07. The molecule has 31 heavy (non-hydrogen) atoms. The molecule has 5 rings (SSSR count). The van der Waals surface area contributed by atoms with Crippen molar-refractivity contribution in [3.05, 3.63) is 72.1 Å². The Hall–Kier alpha value is -4.21. The van der Waals surface area contributed by atoms with Crippen LogP contribution in [0.15, 0.2) is 48.9 Å². The van der Waals surface area contributed by atoms with E-state index in [1.54, 1.807) is 22.8 Å². The van der Waals surface area contributed by atoms with Crippen LogP contribution in [0.4, 0.5) is 4.39 Å². The van der Waals surface area contributed by atoms with Crippen molar-refractivity contribution >= 4 is 11.4 Å². The maximum absolute atomic E-state index is 13.4. The Labute approximate surface area is 175 Å². The van der Waals surface area contributed by atoms with Gasteiger partial charge in [-0.05, 0) is 43.3 Å². The maximum atomic E-state index is 13.4. The highest BCUT2D eigenvalue weighted by atomic mass is 19.1. The van der Waals surface area contributed by atoms with Crippen LogP contribution < -0.4 is 0 Å². The number of benzene rings is 1. The second kappa shape index (κ2) is 7.24. The van der Waals surface area contributed by atoms with Crippen molar-refractivity contribution in [3.8, 4) is 22.6 Å². The number of aromatic nitrogens is 8. The lowest BCUT2D eigenvalue weighted by atomic mass is 10.1. The van der Waals surface area contributed by atoms with E-state index in [0.29, 0.717) is 22.7 Å². The number of aromatic amines is 1. The first-order valence-corrected chi connectivity index (χ1v) is 9.53. The highest BCUT2D eigenvalue weighted by Crippen LogP contribution is 2.31. The summed E-state index contributed by atoms with van der Waals surface area (Å²) >= 11 is 0. The summed E-state index contributed by atoms with van der Waals surface area (Å²) < 4.78 is 17.0. The topological polar surface area (TPSA) is 107 Å². The highest BCUT2D eigenvalue weighted by molar-refractivity contribution is 5.93. The molecule has 4 heterocycles. The molecule has 0 aliphatic rings. The zero-order valence-corrected chi connectivity index (χ0v) is 16.7. The molecule has 0 atom stereocenters. The number of halogens is 1. The van der Waals surface area contributed by atoms with Crippen LogP contribution in [0.3, 0.4) is 0 Å². The van der Waals surface area contributed by atoms with Crippen molar-refractivity contribution < 1.29 is 9.18 Å². The summed E-state index contributed by atoms with van der Waals surface area (Å²) in [5.74, 6) is 0.491. The van der Waals surface area contributed by atoms with Gasteiger partial charge < -0.3 is 4.57 Å². The van der Waals surface area contributed by atoms with Crippen molar-refractivity contribution in [2.24, 2.45) is 7.05 Å². The molecule has 154 valence electrons. The maximum Gasteiger partial charge on any atom is 0.205 e. The molecule has 0 amide bonds. The van der Waals surface area contributed by atoms with Crippen LogP contribution in [-0.2, 0) is 13.5 Å². The minimum atomic E-state index is -0.302. The normalized spacial score (nSPS) is 11.3. The Morgan fingerprint density at radius 2 is 1.94 bits per heavy atom. The fourth-order valence-corrected chi connectivity index (χ4v) is 3.44. The molecule has 0 saturated carbocycles. The van der Waals surface area contributed by atoms with Crippen LogP contribution in [-0.4, -0.2) is 45.1 Å². The zero-order valence-electron chi connectivity index (χ0n) is 16.7. The fraction of sp³-hybridized carbons (Fsp3) is 0.143. The predicted octanol–water partition coefficient (Wildman–Crippen LogP) is 2.79. The summed E-state index contributed by atoms with van der Waals surface area (Å²) in [6.07, 6.45) is 3.09. The van der Waals surface area contributed by atoms with Gasteiger partial charge in [0.1, 0.15) is 23.7 Å². The summed E-state index contributed by atoms with van der Waals surface area (Å²) in [4.78, 5) is 25.3. The summed E-state index contributed by atoms with van der Waals surface area (Å²) in [5.41, 5.74) is 4.19. The lowest BCUT2D eigenvalue weighted by Crippen LogP contribution is -2.06. The van der Waals surface area contributed by atoms with Gasteiger partial charge in [-0.1, -0.05) is 0 Å². The third-order valence-electron chi connectivity index (χ3n) is 5.07. The first-order valence-electron chi connectivity index (χ1n) is 9.53. The largest absolute Gasteiger partial charge is 0.330 e. The molecule has 1 N–H and O–H groups in total. The number of imidazole rings is 2. The second-order valence-electron chi connectivity index (χ2n) is 7.11. The lowest BCUT2D eigenvalue weighted by molar-refractivity contribution is 0.0982. The number of carbonyl (C=O) groups is 1. The molecular weight excluding hydrogens is 399 g/mol. The number of hydrogen-bond donors (Lipinski definition) is 1. The van der Waals surface area contributed by atoms with Crippen LogP contribution in [0.1, 0.15) is 22.1 Å². The van der Waals surface area contributed by atoms with Crippen molar-refractivity contribution in [2.75, 3.05) is 0 Å². The molecule has 4 aromatic heterocycles. The molecule has 0 radical (unpaired) electrons. The van der Waals surface area contributed by atoms with Crippen molar-refractivity contribution in [1.82, 2.24) is 39.3 Å². The molecule has 0 aliphatic heterocycles. The van der Waals surface area contributed by atoms with E-state index in [4.69, 9.17) is 0 Å². The number of rotatable bonds is 5. The second-order valence-corrected chi connectivity index (χ2v) is 7.11. The van der Waals surface area contributed by atoms with Gasteiger partial charge >= 0.3 is 0 Å². The average Bonchev–Trinajstić information content (AvgIpc) is 3.48. The monoisotopic (exact) mass is 416 g/mol. The first-order chi connectivity index (χ1) is 15.0. The number of hydrogen-bond acceptors (Lipinski definition) is 6. The third kappa shape index (κ3) is 3.37. The molecule has 10 heteroatoms. The Morgan fingerprint density at radius 3 is 2.68 bits per heavy atom. The summed E-state index contributed by atoms with van der Waals surface area (Å²) in [6.45, 7) is 1.90. The van der Waals surface area contributed by atoms with E-state index >= 15 is 0 Å². The highest BCUT2D eigenvalue weighted by Gasteiger charge is 2.19. The third-order valence-corrected chi connectivity index (χ3v) is 5.07. The molecule has 1 aromatic carbocycles. The summed E-state index contributed by atoms with van der Waals surface area (Å²) in [5, 5.41) is 10.9. The predicted molar refractivity (Wildman–Crippen MR) is 110 cm³/mol. The van der Waals surface area contributed by atoms with Crippen molar-refractivity contribution in [1.29, 1.82) is 0 Å². The van der Waals surface area contributed by atoms with Gasteiger partial charge in [-0.3, -0.25) is 9.89 Å². The smallest absolute Gasteiger partial charge is 0.205 e. The Kier molecular flexibility index (Phi) is 4.39. The Morgan fingerprint density at radius 1 is 1.13 bits per heavy atom. The molecule has 0 aliphatic carbocycles. The van der Waals surface area contributed by atoms with Crippen molar-refractivity contribution in [2.45, 2.75) is 13.3 Å². The average molecular weight is 416 g/mol. The molecule has 0 spiro atoms. The summed E-state index contributed by atoms with van der Waals surface area (Å²) in [7, 11) is 1.91. The van der Waals surface area contributed by atoms with E-state index in [2.05, 4.69) is 30.2 Å². The van der Waals surface area contributed by atoms with Crippen molar-refractivity contribution in [3.63, 3.8) is 0 Å². The van der Waals surface area contributed by atoms with Gasteiger partial charge in [0.15, 0.2) is 11.5 Å². The fourth-order valence-electron chi connectivity index (χ4n) is 3.44. The number of H-pyrrole nitrogens is 1. The Bertz CT molecular complexity index is 1400. The standard InChI is InChI=1S/C21H17FN8O/c1-12-25-19(13-3-5-14(22)6-4-13)20(29(12)2)16-7-8-18-26-15(10-30(18)28-16)9-17(31)21-23-11-24-27-21/h3-8,10-11H,9H2,1-2H3,(H,23,24,27). The quantitative estimate of drug-likeness (QED) is 0.442. The molecule has 0 fully saturated rings. The number of aryl methyl sites for hydroxylation is 1. The summed E-state index contributed by atoms with van der Waals surface area (Å²) in [6, 6.07) is 9.91. The molecule has 0 unspecified atom stereocenters. The molecular formula is C21H17FN8O. The van der Waals surface area contributed by atoms with Crippen LogP contribution in [0, 0.1) is 12.7 Å². The van der Waals surface area contributed by atoms with E-state index in [9.17, 15) is 9.18 Å². The SMILES string of the molecule is Cc1nc(-c2ccc(F)cc2)c(-c2ccc3nc(CC(=O)c4ncn[nH]4)cn3n2)n1C. The van der Waals surface area contributed by atoms with Gasteiger partial charge in [-0.25, -0.2) is 23.9 Å². The zero-order chi connectivity index (χ0) is 21.5. The number of Topliss-reactive ketones (excluding diaryl/α,β-unsaturated/α-hetero) is 1. The number of ketones is 1. The van der Waals surface area contributed by atoms with Gasteiger partial charge in [0.25, 0.3) is 0 Å². The number of nitrogens with one attached hydrogen (secondary N) is 1. The Balaban J connectivity index is 1.54. The number of fused-ring (bicyclic) bond motifs is 1. The molecule has 0 bridgehead atoms. The van der Waals surface area contributed by atoms with Gasteiger partial charge in [-0.2, -0.15) is 10.2 Å². The van der Waals surface area contributed by atoms with Crippen LogP contribution in [0.5, 0.6) is 0 Å². The van der Waals surface area contributed by atoms with Gasteiger partial charge in [-0.15, -0.1) is 0 Å². The van der Waals surface area contributed by atoms with Crippen LogP contribution >= 0.6 is 0 Å². The van der Waals surface area contributed by atoms with Gasteiger partial charge in [0, 0.05) is 12.6 Å². The first kappa shape index (κ1) is 18.8. The van der Waals surface area contributed by atoms with E-state index in [0.717, 1.165) is 17.1 Å². The molecule has 9 nitrogen and oxygen atoms in total. The van der Waals surface area contributed by atoms with Crippen LogP contribution in [0.25, 0.3) is 28.3 Å². The van der Waals surface area contributed by atoms with E-state index in [1.807, 2.05) is 30.7 Å². The number of nitrogens with zero attached hydrogens (tertiary/aromatic N) is 7.